The minimum absolute atomic E-state index is 0.121. The summed E-state index contributed by atoms with van der Waals surface area (Å²) in [7, 11) is 0. The number of hydrogen-bond donors (Lipinski definition) is 1. The minimum Gasteiger partial charge on any atom is -0.336 e. The van der Waals surface area contributed by atoms with Gasteiger partial charge in [-0.1, -0.05) is 6.92 Å². The molecule has 0 atom stereocenters. The van der Waals surface area contributed by atoms with Crippen molar-refractivity contribution in [3.8, 4) is 0 Å². The molecule has 4 heteroatoms. The number of rotatable bonds is 2. The zero-order valence-corrected chi connectivity index (χ0v) is 7.42. The number of hydrogen-bond acceptors (Lipinski definition) is 2. The predicted molar refractivity (Wildman–Crippen MR) is 46.0 cm³/mol. The van der Waals surface area contributed by atoms with Crippen molar-refractivity contribution in [1.29, 1.82) is 0 Å². The molecule has 0 unspecified atom stereocenters. The molecule has 0 saturated carbocycles. The molecule has 0 aromatic carbocycles. The Morgan fingerprint density at radius 2 is 2.33 bits per heavy atom. The smallest absolute Gasteiger partial charge is 0.317 e. The molecule has 2 aliphatic heterocycles. The van der Waals surface area contributed by atoms with Crippen LogP contribution in [0.25, 0.3) is 0 Å². The second kappa shape index (κ2) is 2.94. The number of nitrogens with zero attached hydrogens (tertiary/aromatic N) is 2. The van der Waals surface area contributed by atoms with Gasteiger partial charge < -0.3 is 10.2 Å². The van der Waals surface area contributed by atoms with Crippen molar-refractivity contribution >= 4 is 6.03 Å². The molecule has 0 aliphatic carbocycles. The fraction of sp³-hybridized carbons (Fsp3) is 0.875. The van der Waals surface area contributed by atoms with Gasteiger partial charge in [0, 0.05) is 26.2 Å². The van der Waals surface area contributed by atoms with Crippen molar-refractivity contribution in [1.82, 2.24) is 15.1 Å². The van der Waals surface area contributed by atoms with Crippen molar-refractivity contribution in [3.63, 3.8) is 0 Å². The second-order valence-electron chi connectivity index (χ2n) is 3.43. The third-order valence-corrected chi connectivity index (χ3v) is 2.72. The second-order valence-corrected chi connectivity index (χ2v) is 3.43. The van der Waals surface area contributed by atoms with E-state index in [4.69, 9.17) is 0 Å². The Bertz CT molecular complexity index is 189. The monoisotopic (exact) mass is 169 g/mol. The quantitative estimate of drug-likeness (QED) is 0.617. The predicted octanol–water partition coefficient (Wildman–Crippen LogP) is -0.284. The van der Waals surface area contributed by atoms with Crippen LogP contribution in [0.1, 0.15) is 6.92 Å². The van der Waals surface area contributed by atoms with E-state index in [1.165, 1.54) is 0 Å². The van der Waals surface area contributed by atoms with Gasteiger partial charge in [0.1, 0.15) is 0 Å². The number of likely N-dealkylation sites (N-methyl/N-ethyl adjacent to an activating group) is 1. The third kappa shape index (κ3) is 1.16. The topological polar surface area (TPSA) is 35.6 Å². The molecule has 2 fully saturated rings. The van der Waals surface area contributed by atoms with Crippen LogP contribution in [0.2, 0.25) is 0 Å². The van der Waals surface area contributed by atoms with E-state index < -0.39 is 0 Å². The first-order valence-electron chi connectivity index (χ1n) is 4.58. The van der Waals surface area contributed by atoms with Crippen LogP contribution in [0, 0.1) is 0 Å². The van der Waals surface area contributed by atoms with Gasteiger partial charge in [0.2, 0.25) is 0 Å². The van der Waals surface area contributed by atoms with E-state index in [9.17, 15) is 4.79 Å². The lowest BCUT2D eigenvalue weighted by Gasteiger charge is -2.42. The number of carbonyl (C=O) groups excluding carboxylic acids is 1. The highest BCUT2D eigenvalue weighted by atomic mass is 16.2. The Morgan fingerprint density at radius 1 is 1.58 bits per heavy atom. The first-order valence-corrected chi connectivity index (χ1v) is 4.58. The van der Waals surface area contributed by atoms with Gasteiger partial charge in [-0.15, -0.1) is 0 Å². The molecule has 0 aromatic heterocycles. The first kappa shape index (κ1) is 7.86. The molecule has 0 radical (unpaired) electrons. The van der Waals surface area contributed by atoms with Crippen molar-refractivity contribution in [3.05, 3.63) is 0 Å². The van der Waals surface area contributed by atoms with Gasteiger partial charge in [-0.25, -0.2) is 4.79 Å². The van der Waals surface area contributed by atoms with Gasteiger partial charge in [0.15, 0.2) is 0 Å². The molecule has 0 spiro atoms. The number of carbonyl (C=O) groups is 1. The van der Waals surface area contributed by atoms with Gasteiger partial charge in [-0.3, -0.25) is 4.90 Å². The van der Waals surface area contributed by atoms with Gasteiger partial charge in [-0.05, 0) is 6.54 Å². The molecule has 2 amide bonds. The Morgan fingerprint density at radius 3 is 2.83 bits per heavy atom. The molecule has 68 valence electrons. The molecule has 1 N–H and O–H groups in total. The van der Waals surface area contributed by atoms with Crippen LogP contribution in [0.15, 0.2) is 0 Å². The summed E-state index contributed by atoms with van der Waals surface area (Å²) in [6.07, 6.45) is 0. The van der Waals surface area contributed by atoms with Crippen LogP contribution in [0.5, 0.6) is 0 Å². The zero-order chi connectivity index (χ0) is 8.55. The summed E-state index contributed by atoms with van der Waals surface area (Å²) < 4.78 is 0. The minimum atomic E-state index is 0.121. The van der Waals surface area contributed by atoms with Crippen LogP contribution in [0.4, 0.5) is 4.79 Å². The van der Waals surface area contributed by atoms with E-state index >= 15 is 0 Å². The lowest BCUT2D eigenvalue weighted by molar-refractivity contribution is 0.0694. The molecule has 0 aromatic rings. The molecule has 4 nitrogen and oxygen atoms in total. The lowest BCUT2D eigenvalue weighted by atomic mass is 10.1. The highest BCUT2D eigenvalue weighted by Gasteiger charge is 2.35. The summed E-state index contributed by atoms with van der Waals surface area (Å²) in [5.74, 6) is 0. The molecule has 2 aliphatic rings. The standard InChI is InChI=1S/C8H15N3O/c1-2-10-5-7(6-10)11-4-3-9-8(11)12/h7H,2-6H2,1H3,(H,9,12). The fourth-order valence-corrected chi connectivity index (χ4v) is 1.83. The molecule has 2 saturated heterocycles. The van der Waals surface area contributed by atoms with Gasteiger partial charge in [0.25, 0.3) is 0 Å². The SMILES string of the molecule is CCN1CC(N2CCNC2=O)C1. The lowest BCUT2D eigenvalue weighted by Crippen LogP contribution is -2.59. The number of amides is 2. The maximum Gasteiger partial charge on any atom is 0.317 e. The van der Waals surface area contributed by atoms with Gasteiger partial charge in [0.05, 0.1) is 6.04 Å². The van der Waals surface area contributed by atoms with Crippen LogP contribution in [-0.2, 0) is 0 Å². The Hall–Kier alpha value is -0.770. The number of likely N-dealkylation sites (tertiary alicyclic amines) is 1. The van der Waals surface area contributed by atoms with Crippen LogP contribution < -0.4 is 5.32 Å². The summed E-state index contributed by atoms with van der Waals surface area (Å²) in [6.45, 7) is 7.09. The van der Waals surface area contributed by atoms with Crippen LogP contribution in [-0.4, -0.2) is 54.6 Å². The van der Waals surface area contributed by atoms with Crippen molar-refractivity contribution < 1.29 is 4.79 Å². The van der Waals surface area contributed by atoms with E-state index in [0.717, 1.165) is 32.7 Å². The molecular weight excluding hydrogens is 154 g/mol. The molecule has 2 rings (SSSR count). The van der Waals surface area contributed by atoms with Crippen LogP contribution >= 0.6 is 0 Å². The average molecular weight is 169 g/mol. The highest BCUT2D eigenvalue weighted by Crippen LogP contribution is 2.15. The first-order chi connectivity index (χ1) is 5.81. The molecule has 0 bridgehead atoms. The molecule has 2 heterocycles. The Labute approximate surface area is 72.5 Å². The number of urea groups is 1. The van der Waals surface area contributed by atoms with E-state index in [1.807, 2.05) is 4.90 Å². The van der Waals surface area contributed by atoms with Gasteiger partial charge in [-0.2, -0.15) is 0 Å². The zero-order valence-electron chi connectivity index (χ0n) is 7.42. The van der Waals surface area contributed by atoms with Crippen molar-refractivity contribution in [2.45, 2.75) is 13.0 Å². The van der Waals surface area contributed by atoms with Gasteiger partial charge >= 0.3 is 6.03 Å². The summed E-state index contributed by atoms with van der Waals surface area (Å²) in [6, 6.07) is 0.600. The van der Waals surface area contributed by atoms with E-state index in [2.05, 4.69) is 17.1 Å². The summed E-state index contributed by atoms with van der Waals surface area (Å²) in [5.41, 5.74) is 0. The maximum atomic E-state index is 11.2. The summed E-state index contributed by atoms with van der Waals surface area (Å²) in [4.78, 5) is 15.5. The van der Waals surface area contributed by atoms with E-state index in [0.29, 0.717) is 6.04 Å². The van der Waals surface area contributed by atoms with E-state index in [-0.39, 0.29) is 6.03 Å². The third-order valence-electron chi connectivity index (χ3n) is 2.72. The van der Waals surface area contributed by atoms with E-state index in [1.54, 1.807) is 0 Å². The number of nitrogens with one attached hydrogen (secondary N) is 1. The molecule has 12 heavy (non-hydrogen) atoms. The maximum absolute atomic E-state index is 11.2. The van der Waals surface area contributed by atoms with Crippen molar-refractivity contribution in [2.75, 3.05) is 32.7 Å². The fourth-order valence-electron chi connectivity index (χ4n) is 1.83. The summed E-state index contributed by atoms with van der Waals surface area (Å²) in [5, 5.41) is 2.82. The normalized spacial score (nSPS) is 25.8. The van der Waals surface area contributed by atoms with Crippen molar-refractivity contribution in [2.24, 2.45) is 0 Å². The highest BCUT2D eigenvalue weighted by molar-refractivity contribution is 5.76. The Kier molecular flexibility index (Phi) is 1.92. The Balaban J connectivity index is 1.83. The largest absolute Gasteiger partial charge is 0.336 e. The van der Waals surface area contributed by atoms with Crippen LogP contribution in [0.3, 0.4) is 0 Å². The summed E-state index contributed by atoms with van der Waals surface area (Å²) >= 11 is 0. The average Bonchev–Trinajstić information content (AvgIpc) is 2.35. The molecular formula is C8H15N3O.